The van der Waals surface area contributed by atoms with Gasteiger partial charge in [0.1, 0.15) is 0 Å². The van der Waals surface area contributed by atoms with E-state index in [0.717, 1.165) is 17.1 Å². The molecule has 280 valence electrons. The number of fused-ring (bicyclic) bond motifs is 12. The Bertz CT molecular complexity index is 3490. The topological polar surface area (TPSA) is 8.17 Å². The van der Waals surface area contributed by atoms with Crippen LogP contribution in [0.2, 0.25) is 0 Å². The zero-order chi connectivity index (χ0) is 39.4. The molecular weight excluding hydrogens is 745 g/mol. The molecule has 0 saturated heterocycles. The Kier molecular flexibility index (Phi) is 7.19. The van der Waals surface area contributed by atoms with Crippen LogP contribution in [0.5, 0.6) is 0 Å². The molecule has 1 aliphatic heterocycles. The number of hydrogen-bond donors (Lipinski definition) is 0. The summed E-state index contributed by atoms with van der Waals surface area (Å²) in [6, 6.07) is 81.2. The van der Waals surface area contributed by atoms with Crippen LogP contribution in [0.15, 0.2) is 228 Å². The molecule has 0 saturated carbocycles. The summed E-state index contributed by atoms with van der Waals surface area (Å²) >= 11 is 1.89. The second-order valence-electron chi connectivity index (χ2n) is 16.0. The third kappa shape index (κ3) is 4.55. The number of para-hydroxylation sites is 2. The van der Waals surface area contributed by atoms with Crippen molar-refractivity contribution in [2.75, 3.05) is 4.90 Å². The van der Waals surface area contributed by atoms with Crippen molar-refractivity contribution < 1.29 is 0 Å². The summed E-state index contributed by atoms with van der Waals surface area (Å²) in [5.41, 5.74) is 14.3. The summed E-state index contributed by atoms with van der Waals surface area (Å²) in [5, 5.41) is 7.47. The van der Waals surface area contributed by atoms with Crippen LogP contribution in [0.1, 0.15) is 22.3 Å². The highest BCUT2D eigenvalue weighted by atomic mass is 32.2. The van der Waals surface area contributed by atoms with Crippen molar-refractivity contribution in [2.45, 2.75) is 15.2 Å². The molecule has 0 N–H and O–H groups in total. The number of nitrogens with zero attached hydrogens (tertiary/aromatic N) is 2. The minimum Gasteiger partial charge on any atom is -0.310 e. The van der Waals surface area contributed by atoms with Crippen LogP contribution >= 0.6 is 11.8 Å². The molecule has 0 radical (unpaired) electrons. The van der Waals surface area contributed by atoms with Crippen LogP contribution in [0.3, 0.4) is 0 Å². The van der Waals surface area contributed by atoms with E-state index in [9.17, 15) is 0 Å². The highest BCUT2D eigenvalue weighted by Crippen LogP contribution is 2.62. The van der Waals surface area contributed by atoms with E-state index in [1.165, 1.54) is 92.2 Å². The maximum absolute atomic E-state index is 2.47. The largest absolute Gasteiger partial charge is 0.310 e. The zero-order valence-corrected chi connectivity index (χ0v) is 33.4. The summed E-state index contributed by atoms with van der Waals surface area (Å²) < 4.78 is 2.47. The lowest BCUT2D eigenvalue weighted by Crippen LogP contribution is -2.36. The normalized spacial score (nSPS) is 13.4. The van der Waals surface area contributed by atoms with E-state index in [0.29, 0.717) is 0 Å². The van der Waals surface area contributed by atoms with Gasteiger partial charge in [0.15, 0.2) is 0 Å². The first-order valence-corrected chi connectivity index (χ1v) is 21.5. The van der Waals surface area contributed by atoms with Crippen molar-refractivity contribution in [3.63, 3.8) is 0 Å². The molecule has 10 aromatic carbocycles. The van der Waals surface area contributed by atoms with Gasteiger partial charge >= 0.3 is 0 Å². The van der Waals surface area contributed by atoms with Crippen LogP contribution < -0.4 is 4.90 Å². The van der Waals surface area contributed by atoms with Crippen LogP contribution in [0.4, 0.5) is 17.1 Å². The van der Waals surface area contributed by atoms with Crippen molar-refractivity contribution in [1.82, 2.24) is 4.57 Å². The van der Waals surface area contributed by atoms with Gasteiger partial charge in [-0.2, -0.15) is 0 Å². The molecule has 13 rings (SSSR count). The van der Waals surface area contributed by atoms with Crippen molar-refractivity contribution in [3.05, 3.63) is 241 Å². The van der Waals surface area contributed by atoms with Gasteiger partial charge < -0.3 is 9.47 Å². The van der Waals surface area contributed by atoms with Crippen LogP contribution in [-0.4, -0.2) is 4.57 Å². The van der Waals surface area contributed by atoms with Crippen LogP contribution in [0, 0.1) is 0 Å². The maximum atomic E-state index is 2.47. The fourth-order valence-electron chi connectivity index (χ4n) is 10.7. The number of hydrogen-bond acceptors (Lipinski definition) is 2. The van der Waals surface area contributed by atoms with E-state index in [4.69, 9.17) is 0 Å². The van der Waals surface area contributed by atoms with Gasteiger partial charge in [0.2, 0.25) is 0 Å². The van der Waals surface area contributed by atoms with Gasteiger partial charge in [0.05, 0.1) is 27.8 Å². The molecule has 0 amide bonds. The van der Waals surface area contributed by atoms with Crippen molar-refractivity contribution in [2.24, 2.45) is 0 Å². The number of aromatic nitrogens is 1. The Morgan fingerprint density at radius 3 is 1.83 bits per heavy atom. The number of anilines is 3. The molecular formula is C57H36N2S. The third-order valence-corrected chi connectivity index (χ3v) is 14.2. The Morgan fingerprint density at radius 2 is 1.00 bits per heavy atom. The van der Waals surface area contributed by atoms with Crippen LogP contribution in [0.25, 0.3) is 60.2 Å². The monoisotopic (exact) mass is 780 g/mol. The minimum absolute atomic E-state index is 0.490. The predicted molar refractivity (Wildman–Crippen MR) is 252 cm³/mol. The molecule has 1 spiro atoms. The second kappa shape index (κ2) is 12.8. The lowest BCUT2D eigenvalue weighted by atomic mass is 9.59. The van der Waals surface area contributed by atoms with E-state index >= 15 is 0 Å². The molecule has 11 aromatic rings. The van der Waals surface area contributed by atoms with Gasteiger partial charge in [-0.05, 0) is 98.8 Å². The molecule has 3 heteroatoms. The molecule has 0 unspecified atom stereocenters. The summed E-state index contributed by atoms with van der Waals surface area (Å²) in [5.74, 6) is 0. The standard InChI is InChI=1S/C57H36N2S/c1-2-18-38(19-3-1)58(39-32-33-43-42-22-7-11-28-51(42)59(53(43)36-39)50-29-14-17-37-16-4-5-20-40(37)50)52-35-34-44-41-21-6-8-24-46(41)57(49-27-15-23-45(52)56(44)49)47-25-9-12-30-54(47)60-55-31-13-10-26-48(55)57/h1-36H. The van der Waals surface area contributed by atoms with Gasteiger partial charge in [-0.1, -0.05) is 176 Å². The molecule has 0 atom stereocenters. The molecule has 1 aliphatic carbocycles. The first kappa shape index (κ1) is 33.6. The number of rotatable bonds is 4. The van der Waals surface area contributed by atoms with E-state index in [1.807, 2.05) is 11.8 Å². The summed E-state index contributed by atoms with van der Waals surface area (Å²) in [4.78, 5) is 5.09. The second-order valence-corrected chi connectivity index (χ2v) is 17.1. The average Bonchev–Trinajstić information content (AvgIpc) is 3.64. The Hall–Kier alpha value is -7.33. The summed E-state index contributed by atoms with van der Waals surface area (Å²) in [6.07, 6.45) is 0. The van der Waals surface area contributed by atoms with Crippen molar-refractivity contribution >= 4 is 72.2 Å². The van der Waals surface area contributed by atoms with Gasteiger partial charge in [0, 0.05) is 42.7 Å². The Morgan fingerprint density at radius 1 is 0.383 bits per heavy atom. The van der Waals surface area contributed by atoms with E-state index in [-0.39, 0.29) is 0 Å². The first-order chi connectivity index (χ1) is 29.8. The van der Waals surface area contributed by atoms with Gasteiger partial charge in [-0.25, -0.2) is 0 Å². The summed E-state index contributed by atoms with van der Waals surface area (Å²) in [7, 11) is 0. The highest BCUT2D eigenvalue weighted by molar-refractivity contribution is 7.99. The maximum Gasteiger partial charge on any atom is 0.0735 e. The predicted octanol–water partition coefficient (Wildman–Crippen LogP) is 15.4. The highest BCUT2D eigenvalue weighted by Gasteiger charge is 2.48. The van der Waals surface area contributed by atoms with E-state index in [2.05, 4.69) is 228 Å². The minimum atomic E-state index is -0.490. The fraction of sp³-hybridized carbons (Fsp3) is 0.0175. The Balaban J connectivity index is 1.12. The molecule has 2 nitrogen and oxygen atoms in total. The lowest BCUT2D eigenvalue weighted by Gasteiger charge is -2.46. The van der Waals surface area contributed by atoms with E-state index in [1.54, 1.807) is 0 Å². The first-order valence-electron chi connectivity index (χ1n) is 20.7. The quantitative estimate of drug-likeness (QED) is 0.176. The molecule has 2 aliphatic rings. The molecule has 0 fully saturated rings. The smallest absolute Gasteiger partial charge is 0.0735 e. The van der Waals surface area contributed by atoms with Gasteiger partial charge in [-0.3, -0.25) is 0 Å². The van der Waals surface area contributed by atoms with Crippen molar-refractivity contribution in [1.29, 1.82) is 0 Å². The van der Waals surface area contributed by atoms with Crippen molar-refractivity contribution in [3.8, 4) is 16.8 Å². The molecule has 2 heterocycles. The van der Waals surface area contributed by atoms with Gasteiger partial charge in [0.25, 0.3) is 0 Å². The Labute approximate surface area is 352 Å². The third-order valence-electron chi connectivity index (χ3n) is 13.0. The molecule has 60 heavy (non-hydrogen) atoms. The molecule has 0 bridgehead atoms. The fourth-order valence-corrected chi connectivity index (χ4v) is 11.8. The SMILES string of the molecule is c1ccc(N(c2ccc3c4ccccc4n(-c4cccc5ccccc45)c3c2)c2ccc3c4c(cccc24)C2(c4ccccc4Sc4ccccc42)c2ccccc2-3)cc1. The zero-order valence-electron chi connectivity index (χ0n) is 32.6. The van der Waals surface area contributed by atoms with Gasteiger partial charge in [-0.15, -0.1) is 0 Å². The number of benzene rings is 10. The van der Waals surface area contributed by atoms with E-state index < -0.39 is 5.41 Å². The average molecular weight is 781 g/mol. The van der Waals surface area contributed by atoms with Crippen LogP contribution in [-0.2, 0) is 5.41 Å². The summed E-state index contributed by atoms with van der Waals surface area (Å²) in [6.45, 7) is 0. The molecule has 1 aromatic heterocycles. The lowest BCUT2D eigenvalue weighted by molar-refractivity contribution is 0.707.